The van der Waals surface area contributed by atoms with Crippen LogP contribution in [-0.4, -0.2) is 36.1 Å². The van der Waals surface area contributed by atoms with Gasteiger partial charge in [0.2, 0.25) is 5.91 Å². The summed E-state index contributed by atoms with van der Waals surface area (Å²) >= 11 is 3.36. The molecule has 0 fully saturated rings. The molecule has 160 valence electrons. The van der Waals surface area contributed by atoms with Crippen LogP contribution >= 0.6 is 15.9 Å². The van der Waals surface area contributed by atoms with Gasteiger partial charge in [-0.2, -0.15) is 0 Å². The van der Waals surface area contributed by atoms with E-state index in [9.17, 15) is 14.4 Å². The molecule has 2 aromatic rings. The number of ether oxygens (including phenoxy) is 2. The standard InChI is InChI=1S/C21H23BrN2O6/c1-3-29-17-12-16(24-21(28)13-7-5-6-8-14(13)22)18(30-4-2)11-15(17)23-19(25)9-10-20(26)27/h5-8,11-12H,3-4,9-10H2,1-2H3,(H,23,25)(H,24,28)(H,26,27). The molecule has 0 aliphatic heterocycles. The van der Waals surface area contributed by atoms with Gasteiger partial charge in [0.05, 0.1) is 36.6 Å². The van der Waals surface area contributed by atoms with Crippen LogP contribution in [0, 0.1) is 0 Å². The molecule has 2 amide bonds. The number of benzene rings is 2. The fourth-order valence-corrected chi connectivity index (χ4v) is 3.04. The third-order valence-corrected chi connectivity index (χ3v) is 4.58. The van der Waals surface area contributed by atoms with Crippen LogP contribution in [0.2, 0.25) is 0 Å². The van der Waals surface area contributed by atoms with Crippen LogP contribution in [0.5, 0.6) is 11.5 Å². The number of hydrogen-bond acceptors (Lipinski definition) is 5. The molecule has 0 aliphatic rings. The summed E-state index contributed by atoms with van der Waals surface area (Å²) in [6, 6.07) is 10.1. The maximum Gasteiger partial charge on any atom is 0.303 e. The molecule has 2 aromatic carbocycles. The minimum absolute atomic E-state index is 0.175. The highest BCUT2D eigenvalue weighted by Gasteiger charge is 2.18. The first kappa shape index (κ1) is 23.2. The summed E-state index contributed by atoms with van der Waals surface area (Å²) in [5, 5.41) is 14.2. The number of rotatable bonds is 10. The van der Waals surface area contributed by atoms with Crippen molar-refractivity contribution in [3.8, 4) is 11.5 Å². The maximum absolute atomic E-state index is 12.7. The van der Waals surface area contributed by atoms with Gasteiger partial charge in [0.1, 0.15) is 11.5 Å². The fraction of sp³-hybridized carbons (Fsp3) is 0.286. The van der Waals surface area contributed by atoms with Crippen molar-refractivity contribution in [2.45, 2.75) is 26.7 Å². The zero-order valence-electron chi connectivity index (χ0n) is 16.7. The van der Waals surface area contributed by atoms with Crippen LogP contribution in [-0.2, 0) is 9.59 Å². The number of aliphatic carboxylic acids is 1. The largest absolute Gasteiger partial charge is 0.492 e. The summed E-state index contributed by atoms with van der Waals surface area (Å²) in [5.74, 6) is -1.20. The highest BCUT2D eigenvalue weighted by atomic mass is 79.9. The van der Waals surface area contributed by atoms with Gasteiger partial charge in [-0.05, 0) is 41.9 Å². The number of carbonyl (C=O) groups is 3. The molecular weight excluding hydrogens is 456 g/mol. The van der Waals surface area contributed by atoms with Crippen LogP contribution in [0.3, 0.4) is 0 Å². The Hall–Kier alpha value is -3.07. The molecule has 0 heterocycles. The minimum Gasteiger partial charge on any atom is -0.492 e. The van der Waals surface area contributed by atoms with Crippen molar-refractivity contribution in [3.63, 3.8) is 0 Å². The number of nitrogens with one attached hydrogen (secondary N) is 2. The van der Waals surface area contributed by atoms with Gasteiger partial charge in [-0.1, -0.05) is 12.1 Å². The molecule has 30 heavy (non-hydrogen) atoms. The molecule has 0 atom stereocenters. The quantitative estimate of drug-likeness (QED) is 0.468. The molecular formula is C21H23BrN2O6. The lowest BCUT2D eigenvalue weighted by atomic mass is 10.2. The highest BCUT2D eigenvalue weighted by Crippen LogP contribution is 2.37. The van der Waals surface area contributed by atoms with E-state index in [0.29, 0.717) is 46.1 Å². The molecule has 3 N–H and O–H groups in total. The lowest BCUT2D eigenvalue weighted by molar-refractivity contribution is -0.138. The predicted molar refractivity (Wildman–Crippen MR) is 116 cm³/mol. The van der Waals surface area contributed by atoms with E-state index in [1.807, 2.05) is 6.07 Å². The lowest BCUT2D eigenvalue weighted by Gasteiger charge is -2.18. The van der Waals surface area contributed by atoms with Gasteiger partial charge in [0.15, 0.2) is 0 Å². The van der Waals surface area contributed by atoms with Crippen LogP contribution < -0.4 is 20.1 Å². The summed E-state index contributed by atoms with van der Waals surface area (Å²) in [6.07, 6.45) is -0.459. The van der Waals surface area contributed by atoms with Crippen molar-refractivity contribution in [1.29, 1.82) is 0 Å². The third-order valence-electron chi connectivity index (χ3n) is 3.89. The van der Waals surface area contributed by atoms with Gasteiger partial charge in [0, 0.05) is 23.0 Å². The molecule has 0 spiro atoms. The number of carboxylic acid groups (broad SMARTS) is 1. The lowest BCUT2D eigenvalue weighted by Crippen LogP contribution is -2.16. The van der Waals surface area contributed by atoms with Gasteiger partial charge in [-0.3, -0.25) is 14.4 Å². The molecule has 0 saturated heterocycles. The predicted octanol–water partition coefficient (Wildman–Crippen LogP) is 4.30. The number of carbonyl (C=O) groups excluding carboxylic acids is 2. The first-order valence-electron chi connectivity index (χ1n) is 9.36. The summed E-state index contributed by atoms with van der Waals surface area (Å²) < 4.78 is 11.9. The second-order valence-electron chi connectivity index (χ2n) is 6.09. The molecule has 9 heteroatoms. The first-order chi connectivity index (χ1) is 14.3. The molecule has 0 unspecified atom stereocenters. The van der Waals surface area contributed by atoms with E-state index in [4.69, 9.17) is 14.6 Å². The molecule has 0 bridgehead atoms. The van der Waals surface area contributed by atoms with E-state index >= 15 is 0 Å². The number of anilines is 2. The van der Waals surface area contributed by atoms with Crippen molar-refractivity contribution < 1.29 is 29.0 Å². The van der Waals surface area contributed by atoms with E-state index in [1.54, 1.807) is 44.2 Å². The second kappa shape index (κ2) is 11.2. The van der Waals surface area contributed by atoms with Crippen LogP contribution in [0.1, 0.15) is 37.0 Å². The van der Waals surface area contributed by atoms with E-state index in [-0.39, 0.29) is 18.7 Å². The van der Waals surface area contributed by atoms with Crippen molar-refractivity contribution in [2.75, 3.05) is 23.8 Å². The second-order valence-corrected chi connectivity index (χ2v) is 6.94. The van der Waals surface area contributed by atoms with E-state index in [0.717, 1.165) is 0 Å². The third kappa shape index (κ3) is 6.48. The van der Waals surface area contributed by atoms with Gasteiger partial charge < -0.3 is 25.2 Å². The van der Waals surface area contributed by atoms with Crippen molar-refractivity contribution in [3.05, 3.63) is 46.4 Å². The normalized spacial score (nSPS) is 10.2. The van der Waals surface area contributed by atoms with Gasteiger partial charge >= 0.3 is 5.97 Å². The van der Waals surface area contributed by atoms with E-state index in [2.05, 4.69) is 26.6 Å². The van der Waals surface area contributed by atoms with Gasteiger partial charge in [-0.15, -0.1) is 0 Å². The summed E-state index contributed by atoms with van der Waals surface area (Å²) in [4.78, 5) is 35.5. The van der Waals surface area contributed by atoms with Crippen LogP contribution in [0.4, 0.5) is 11.4 Å². The van der Waals surface area contributed by atoms with Crippen molar-refractivity contribution in [1.82, 2.24) is 0 Å². The van der Waals surface area contributed by atoms with Crippen LogP contribution in [0.15, 0.2) is 40.9 Å². The molecule has 0 radical (unpaired) electrons. The average molecular weight is 479 g/mol. The Morgan fingerprint density at radius 2 is 1.50 bits per heavy atom. The number of halogens is 1. The number of hydrogen-bond donors (Lipinski definition) is 3. The summed E-state index contributed by atoms with van der Waals surface area (Å²) in [6.45, 7) is 4.23. The monoisotopic (exact) mass is 478 g/mol. The Morgan fingerprint density at radius 1 is 0.933 bits per heavy atom. The number of amides is 2. The molecule has 0 aliphatic carbocycles. The Balaban J connectivity index is 2.34. The minimum atomic E-state index is -1.06. The van der Waals surface area contributed by atoms with Gasteiger partial charge in [-0.25, -0.2) is 0 Å². The van der Waals surface area contributed by atoms with E-state index < -0.39 is 11.9 Å². The SMILES string of the molecule is CCOc1cc(NC(=O)c2ccccc2Br)c(OCC)cc1NC(=O)CCC(=O)O. The molecule has 0 aromatic heterocycles. The van der Waals surface area contributed by atoms with Crippen LogP contribution in [0.25, 0.3) is 0 Å². The van der Waals surface area contributed by atoms with Crippen molar-refractivity contribution >= 4 is 45.1 Å². The smallest absolute Gasteiger partial charge is 0.303 e. The fourth-order valence-electron chi connectivity index (χ4n) is 2.57. The molecule has 0 saturated carbocycles. The zero-order valence-corrected chi connectivity index (χ0v) is 18.2. The average Bonchev–Trinajstić information content (AvgIpc) is 2.70. The first-order valence-corrected chi connectivity index (χ1v) is 10.2. The molecule has 2 rings (SSSR count). The number of carboxylic acids is 1. The Bertz CT molecular complexity index is 932. The maximum atomic E-state index is 12.7. The Kier molecular flexibility index (Phi) is 8.67. The van der Waals surface area contributed by atoms with Gasteiger partial charge in [0.25, 0.3) is 5.91 Å². The summed E-state index contributed by atoms with van der Waals surface area (Å²) in [7, 11) is 0. The molecule has 8 nitrogen and oxygen atoms in total. The van der Waals surface area contributed by atoms with Crippen molar-refractivity contribution in [2.24, 2.45) is 0 Å². The Labute approximate surface area is 182 Å². The highest BCUT2D eigenvalue weighted by molar-refractivity contribution is 9.10. The van der Waals surface area contributed by atoms with E-state index in [1.165, 1.54) is 0 Å². The topological polar surface area (TPSA) is 114 Å². The Morgan fingerprint density at radius 3 is 2.03 bits per heavy atom. The summed E-state index contributed by atoms with van der Waals surface area (Å²) in [5.41, 5.74) is 1.16. The zero-order chi connectivity index (χ0) is 22.1.